The molecule has 1 N–H and O–H groups in total. The van der Waals surface area contributed by atoms with Crippen LogP contribution in [-0.4, -0.2) is 23.7 Å². The van der Waals surface area contributed by atoms with Crippen LogP contribution < -0.4 is 10.1 Å². The predicted octanol–water partition coefficient (Wildman–Crippen LogP) is 4.34. The Morgan fingerprint density at radius 1 is 1.16 bits per heavy atom. The number of carbonyl (C=O) groups is 1. The lowest BCUT2D eigenvalue weighted by Gasteiger charge is -2.38. The minimum Gasteiger partial charge on any atom is -0.405 e. The minimum absolute atomic E-state index is 0.172. The number of nitrogens with zero attached hydrogens (tertiary/aromatic N) is 1. The summed E-state index contributed by atoms with van der Waals surface area (Å²) in [5, 5.41) is 3.11. The van der Waals surface area contributed by atoms with Crippen molar-refractivity contribution in [2.75, 3.05) is 11.9 Å². The first-order chi connectivity index (χ1) is 11.9. The van der Waals surface area contributed by atoms with Gasteiger partial charge in [-0.05, 0) is 18.2 Å². The van der Waals surface area contributed by atoms with Gasteiger partial charge < -0.3 is 15.0 Å². The topological polar surface area (TPSA) is 41.6 Å². The van der Waals surface area contributed by atoms with Crippen molar-refractivity contribution < 1.29 is 22.7 Å². The summed E-state index contributed by atoms with van der Waals surface area (Å²) in [6, 6.07) is 12.6. The maximum Gasteiger partial charge on any atom is 0.573 e. The van der Waals surface area contributed by atoms with Crippen LogP contribution in [0.1, 0.15) is 22.1 Å². The highest BCUT2D eigenvalue weighted by atomic mass is 19.4. The van der Waals surface area contributed by atoms with E-state index in [2.05, 4.69) is 16.6 Å². The van der Waals surface area contributed by atoms with E-state index < -0.39 is 12.5 Å². The quantitative estimate of drug-likeness (QED) is 0.836. The number of nitrogens with one attached hydrogen (secondary N) is 1. The zero-order valence-electron chi connectivity index (χ0n) is 13.1. The molecule has 1 atom stereocenters. The van der Waals surface area contributed by atoms with E-state index in [-0.39, 0.29) is 23.8 Å². The number of anilines is 1. The molecule has 1 amide bonds. The van der Waals surface area contributed by atoms with E-state index in [1.807, 2.05) is 0 Å². The second-order valence-electron chi connectivity index (χ2n) is 5.42. The maximum absolute atomic E-state index is 12.8. The van der Waals surface area contributed by atoms with E-state index in [0.717, 1.165) is 0 Å². The molecule has 1 aliphatic heterocycles. The van der Waals surface area contributed by atoms with Gasteiger partial charge in [0.25, 0.3) is 5.91 Å². The fourth-order valence-corrected chi connectivity index (χ4v) is 2.79. The van der Waals surface area contributed by atoms with Gasteiger partial charge in [0.1, 0.15) is 11.9 Å². The van der Waals surface area contributed by atoms with Crippen molar-refractivity contribution >= 4 is 11.6 Å². The summed E-state index contributed by atoms with van der Waals surface area (Å²) in [5.41, 5.74) is 1.22. The Morgan fingerprint density at radius 2 is 1.84 bits per heavy atom. The van der Waals surface area contributed by atoms with Gasteiger partial charge in [-0.25, -0.2) is 0 Å². The zero-order valence-corrected chi connectivity index (χ0v) is 13.1. The number of para-hydroxylation sites is 2. The summed E-state index contributed by atoms with van der Waals surface area (Å²) in [6.45, 7) is 3.79. The number of alkyl halides is 3. The molecular weight excluding hydrogens is 333 g/mol. The lowest BCUT2D eigenvalue weighted by molar-refractivity contribution is -0.275. The minimum atomic E-state index is -4.82. The molecule has 1 unspecified atom stereocenters. The fraction of sp³-hybridized carbons (Fsp3) is 0.167. The first kappa shape index (κ1) is 16.9. The Labute approximate surface area is 142 Å². The SMILES string of the molecule is C=CCN1C(=O)c2ccccc2NC1c1ccccc1OC(F)(F)F. The van der Waals surface area contributed by atoms with Crippen molar-refractivity contribution in [2.45, 2.75) is 12.5 Å². The molecule has 0 saturated carbocycles. The van der Waals surface area contributed by atoms with Crippen LogP contribution in [-0.2, 0) is 0 Å². The van der Waals surface area contributed by atoms with Gasteiger partial charge in [-0.15, -0.1) is 19.8 Å². The summed E-state index contributed by atoms with van der Waals surface area (Å²) in [7, 11) is 0. The number of halogens is 3. The molecule has 0 saturated heterocycles. The third-order valence-electron chi connectivity index (χ3n) is 3.79. The predicted molar refractivity (Wildman–Crippen MR) is 87.2 cm³/mol. The average Bonchev–Trinajstić information content (AvgIpc) is 2.57. The molecule has 0 aromatic heterocycles. The molecule has 25 heavy (non-hydrogen) atoms. The second kappa shape index (κ2) is 6.51. The van der Waals surface area contributed by atoms with Crippen LogP contribution in [0.25, 0.3) is 0 Å². The number of hydrogen-bond donors (Lipinski definition) is 1. The van der Waals surface area contributed by atoms with Gasteiger partial charge in [-0.1, -0.05) is 36.4 Å². The summed E-state index contributed by atoms with van der Waals surface area (Å²) in [6.07, 6.45) is -4.11. The summed E-state index contributed by atoms with van der Waals surface area (Å²) in [5.74, 6) is -0.644. The Hall–Kier alpha value is -2.96. The molecule has 0 aliphatic carbocycles. The highest BCUT2D eigenvalue weighted by Gasteiger charge is 2.37. The monoisotopic (exact) mass is 348 g/mol. The van der Waals surface area contributed by atoms with Gasteiger partial charge >= 0.3 is 6.36 Å². The molecule has 1 heterocycles. The van der Waals surface area contributed by atoms with Gasteiger partial charge in [0, 0.05) is 17.8 Å². The van der Waals surface area contributed by atoms with E-state index in [4.69, 9.17) is 0 Å². The van der Waals surface area contributed by atoms with Crippen LogP contribution >= 0.6 is 0 Å². The van der Waals surface area contributed by atoms with Gasteiger partial charge in [0.15, 0.2) is 0 Å². The third kappa shape index (κ3) is 3.45. The van der Waals surface area contributed by atoms with Crippen molar-refractivity contribution in [3.63, 3.8) is 0 Å². The normalized spacial score (nSPS) is 16.8. The Morgan fingerprint density at radius 3 is 2.56 bits per heavy atom. The van der Waals surface area contributed by atoms with Crippen molar-refractivity contribution in [3.8, 4) is 5.75 Å². The summed E-state index contributed by atoms with van der Waals surface area (Å²) >= 11 is 0. The first-order valence-electron chi connectivity index (χ1n) is 7.53. The molecule has 4 nitrogen and oxygen atoms in total. The number of hydrogen-bond acceptors (Lipinski definition) is 3. The number of amides is 1. The lowest BCUT2D eigenvalue weighted by Crippen LogP contribution is -2.43. The molecule has 0 bridgehead atoms. The van der Waals surface area contributed by atoms with Gasteiger partial charge in [0.2, 0.25) is 0 Å². The van der Waals surface area contributed by atoms with Crippen molar-refractivity contribution in [1.29, 1.82) is 0 Å². The van der Waals surface area contributed by atoms with Crippen molar-refractivity contribution in [1.82, 2.24) is 4.90 Å². The van der Waals surface area contributed by atoms with Crippen LogP contribution in [0.3, 0.4) is 0 Å². The average molecular weight is 348 g/mol. The zero-order chi connectivity index (χ0) is 18.0. The van der Waals surface area contributed by atoms with Crippen molar-refractivity contribution in [2.24, 2.45) is 0 Å². The molecule has 0 fully saturated rings. The molecule has 3 rings (SSSR count). The number of ether oxygens (including phenoxy) is 1. The summed E-state index contributed by atoms with van der Waals surface area (Å²) < 4.78 is 42.3. The Balaban J connectivity index is 2.06. The van der Waals surface area contributed by atoms with Crippen molar-refractivity contribution in [3.05, 3.63) is 72.3 Å². The van der Waals surface area contributed by atoms with E-state index in [9.17, 15) is 18.0 Å². The van der Waals surface area contributed by atoms with Crippen LogP contribution in [0.4, 0.5) is 18.9 Å². The molecule has 0 spiro atoms. The number of rotatable bonds is 4. The largest absolute Gasteiger partial charge is 0.573 e. The molecule has 1 aliphatic rings. The van der Waals surface area contributed by atoms with Gasteiger partial charge in [0.05, 0.1) is 5.56 Å². The van der Waals surface area contributed by atoms with Crippen LogP contribution in [0.2, 0.25) is 0 Å². The molecule has 7 heteroatoms. The highest BCUT2D eigenvalue weighted by molar-refractivity contribution is 6.01. The number of carbonyl (C=O) groups excluding carboxylic acids is 1. The number of fused-ring (bicyclic) bond motifs is 1. The highest BCUT2D eigenvalue weighted by Crippen LogP contribution is 2.38. The van der Waals surface area contributed by atoms with E-state index >= 15 is 0 Å². The van der Waals surface area contributed by atoms with Crippen LogP contribution in [0.15, 0.2) is 61.2 Å². The third-order valence-corrected chi connectivity index (χ3v) is 3.79. The molecular formula is C18H15F3N2O2. The Bertz CT molecular complexity index is 805. The number of benzene rings is 2. The van der Waals surface area contributed by atoms with Gasteiger partial charge in [-0.2, -0.15) is 0 Å². The van der Waals surface area contributed by atoms with Crippen LogP contribution in [0, 0.1) is 0 Å². The van der Waals surface area contributed by atoms with E-state index in [0.29, 0.717) is 11.3 Å². The lowest BCUT2D eigenvalue weighted by atomic mass is 10.0. The smallest absolute Gasteiger partial charge is 0.405 e. The second-order valence-corrected chi connectivity index (χ2v) is 5.42. The standard InChI is InChI=1S/C18H15F3N2O2/c1-2-11-23-16(22-14-9-5-3-7-12(14)17(23)24)13-8-4-6-10-15(13)25-18(19,20)21/h2-10,16,22H,1,11H2. The summed E-state index contributed by atoms with van der Waals surface area (Å²) in [4.78, 5) is 14.2. The molecule has 130 valence electrons. The van der Waals surface area contributed by atoms with Crippen LogP contribution in [0.5, 0.6) is 5.75 Å². The van der Waals surface area contributed by atoms with E-state index in [1.165, 1.54) is 29.2 Å². The first-order valence-corrected chi connectivity index (χ1v) is 7.53. The molecule has 2 aromatic carbocycles. The van der Waals surface area contributed by atoms with Gasteiger partial charge in [-0.3, -0.25) is 4.79 Å². The molecule has 2 aromatic rings. The fourth-order valence-electron chi connectivity index (χ4n) is 2.79. The molecule has 0 radical (unpaired) electrons. The Kier molecular flexibility index (Phi) is 4.39. The van der Waals surface area contributed by atoms with E-state index in [1.54, 1.807) is 30.3 Å². The maximum atomic E-state index is 12.8.